The summed E-state index contributed by atoms with van der Waals surface area (Å²) in [6.07, 6.45) is 4.59. The van der Waals surface area contributed by atoms with Gasteiger partial charge in [-0.25, -0.2) is 4.98 Å². The summed E-state index contributed by atoms with van der Waals surface area (Å²) in [6, 6.07) is 3.45. The molecule has 4 N–H and O–H groups in total. The first-order valence-corrected chi connectivity index (χ1v) is 3.95. The average Bonchev–Trinajstić information content (AvgIpc) is 2.08. The van der Waals surface area contributed by atoms with E-state index in [0.717, 1.165) is 5.69 Å². The summed E-state index contributed by atoms with van der Waals surface area (Å²) >= 11 is 5.59. The zero-order valence-corrected chi connectivity index (χ0v) is 7.55. The van der Waals surface area contributed by atoms with Gasteiger partial charge in [-0.15, -0.1) is 0 Å². The first kappa shape index (κ1) is 9.54. The smallest absolute Gasteiger partial charge is 0.129 e. The molecule has 0 aliphatic heterocycles. The lowest BCUT2D eigenvalue weighted by atomic mass is 10.4. The Bertz CT molecular complexity index is 317. The number of nitrogens with zero attached hydrogens (tertiary/aromatic N) is 1. The van der Waals surface area contributed by atoms with Crippen molar-refractivity contribution in [2.45, 2.75) is 0 Å². The van der Waals surface area contributed by atoms with Gasteiger partial charge in [0.1, 0.15) is 11.0 Å². The number of hydrogen-bond acceptors (Lipinski definition) is 3. The normalized spacial score (nSPS) is 10.2. The maximum atomic E-state index is 6.91. The Morgan fingerprint density at radius 1 is 1.62 bits per heavy atom. The van der Waals surface area contributed by atoms with E-state index in [1.54, 1.807) is 24.5 Å². The molecule has 1 aromatic rings. The van der Waals surface area contributed by atoms with Crippen LogP contribution >= 0.6 is 11.6 Å². The van der Waals surface area contributed by atoms with Gasteiger partial charge in [0.25, 0.3) is 0 Å². The third kappa shape index (κ3) is 3.57. The van der Waals surface area contributed by atoms with E-state index in [1.807, 2.05) is 0 Å². The van der Waals surface area contributed by atoms with Gasteiger partial charge in [0.2, 0.25) is 0 Å². The molecule has 0 spiro atoms. The van der Waals surface area contributed by atoms with Crippen molar-refractivity contribution in [1.82, 2.24) is 4.98 Å². The molecule has 1 aromatic heterocycles. The van der Waals surface area contributed by atoms with Crippen LogP contribution in [0.4, 0.5) is 5.69 Å². The number of amidine groups is 1. The Labute approximate surface area is 80.9 Å². The number of hydrogen-bond donors (Lipinski definition) is 3. The van der Waals surface area contributed by atoms with Crippen LogP contribution in [0.2, 0.25) is 5.15 Å². The van der Waals surface area contributed by atoms with Crippen LogP contribution in [0.25, 0.3) is 0 Å². The second-order valence-corrected chi connectivity index (χ2v) is 2.69. The Kier molecular flexibility index (Phi) is 3.28. The van der Waals surface area contributed by atoms with Crippen LogP contribution in [0.1, 0.15) is 0 Å². The maximum Gasteiger partial charge on any atom is 0.129 e. The molecule has 4 nitrogen and oxygen atoms in total. The van der Waals surface area contributed by atoms with E-state index < -0.39 is 0 Å². The molecular formula is C8H9ClN4. The minimum absolute atomic E-state index is 0.00516. The molecule has 0 atom stereocenters. The molecule has 0 saturated carbocycles. The molecule has 0 fully saturated rings. The van der Waals surface area contributed by atoms with Crippen LogP contribution in [0, 0.1) is 5.41 Å². The second-order valence-electron chi connectivity index (χ2n) is 2.30. The summed E-state index contributed by atoms with van der Waals surface area (Å²) in [5.41, 5.74) is 5.89. The number of halogens is 1. The van der Waals surface area contributed by atoms with E-state index >= 15 is 0 Å². The van der Waals surface area contributed by atoms with E-state index in [1.165, 1.54) is 6.08 Å². The van der Waals surface area contributed by atoms with Crippen LogP contribution in [0.15, 0.2) is 30.6 Å². The molecular weight excluding hydrogens is 188 g/mol. The maximum absolute atomic E-state index is 6.91. The SMILES string of the molecule is N=C(N)/C=C\Nc1ccc(Cl)nc1. The number of anilines is 1. The molecule has 0 radical (unpaired) electrons. The molecule has 0 saturated heterocycles. The summed E-state index contributed by atoms with van der Waals surface area (Å²) in [6.45, 7) is 0. The summed E-state index contributed by atoms with van der Waals surface area (Å²) in [4.78, 5) is 3.86. The fourth-order valence-corrected chi connectivity index (χ4v) is 0.801. The number of rotatable bonds is 3. The van der Waals surface area contributed by atoms with E-state index in [-0.39, 0.29) is 5.84 Å². The minimum Gasteiger partial charge on any atom is -0.384 e. The fourth-order valence-electron chi connectivity index (χ4n) is 0.689. The molecule has 0 amide bonds. The largest absolute Gasteiger partial charge is 0.384 e. The fraction of sp³-hybridized carbons (Fsp3) is 0. The standard InChI is InChI=1S/C8H9ClN4/c9-7-2-1-6(5-13-7)12-4-3-8(10)11/h1-5,12H,(H3,10,11)/b4-3-. The Hall–Kier alpha value is -1.55. The highest BCUT2D eigenvalue weighted by atomic mass is 35.5. The highest BCUT2D eigenvalue weighted by molar-refractivity contribution is 6.29. The van der Waals surface area contributed by atoms with Crippen molar-refractivity contribution in [3.8, 4) is 0 Å². The zero-order chi connectivity index (χ0) is 9.68. The molecule has 5 heteroatoms. The molecule has 13 heavy (non-hydrogen) atoms. The van der Waals surface area contributed by atoms with Crippen LogP contribution < -0.4 is 11.1 Å². The topological polar surface area (TPSA) is 74.8 Å². The van der Waals surface area contributed by atoms with Gasteiger partial charge in [-0.2, -0.15) is 0 Å². The number of nitrogens with one attached hydrogen (secondary N) is 2. The van der Waals surface area contributed by atoms with Crippen molar-refractivity contribution in [2.24, 2.45) is 5.73 Å². The van der Waals surface area contributed by atoms with Gasteiger partial charge in [-0.3, -0.25) is 5.41 Å². The van der Waals surface area contributed by atoms with Crippen molar-refractivity contribution in [1.29, 1.82) is 5.41 Å². The lowest BCUT2D eigenvalue weighted by Gasteiger charge is -1.98. The van der Waals surface area contributed by atoms with Crippen molar-refractivity contribution in [2.75, 3.05) is 5.32 Å². The number of nitrogens with two attached hydrogens (primary N) is 1. The predicted octanol–water partition coefficient (Wildman–Crippen LogP) is 1.60. The third-order valence-corrected chi connectivity index (χ3v) is 1.46. The molecule has 0 bridgehead atoms. The molecule has 0 aliphatic carbocycles. The lowest BCUT2D eigenvalue weighted by molar-refractivity contribution is 1.32. The van der Waals surface area contributed by atoms with E-state index in [9.17, 15) is 0 Å². The van der Waals surface area contributed by atoms with Crippen LogP contribution in [0.5, 0.6) is 0 Å². The van der Waals surface area contributed by atoms with Crippen LogP contribution in [-0.2, 0) is 0 Å². The Morgan fingerprint density at radius 2 is 2.38 bits per heavy atom. The van der Waals surface area contributed by atoms with Gasteiger partial charge in [-0.1, -0.05) is 11.6 Å². The summed E-state index contributed by atoms with van der Waals surface area (Å²) in [5.74, 6) is -0.00516. The van der Waals surface area contributed by atoms with Crippen molar-refractivity contribution < 1.29 is 0 Å². The molecule has 1 rings (SSSR count). The minimum atomic E-state index is -0.00516. The second kappa shape index (κ2) is 4.47. The quantitative estimate of drug-likeness (QED) is 0.391. The molecule has 0 aromatic carbocycles. The Balaban J connectivity index is 2.55. The number of aromatic nitrogens is 1. The van der Waals surface area contributed by atoms with Gasteiger partial charge in [0.15, 0.2) is 0 Å². The third-order valence-electron chi connectivity index (χ3n) is 1.24. The summed E-state index contributed by atoms with van der Waals surface area (Å²) in [5, 5.41) is 10.2. The van der Waals surface area contributed by atoms with E-state index in [0.29, 0.717) is 5.15 Å². The van der Waals surface area contributed by atoms with Gasteiger partial charge in [0.05, 0.1) is 11.9 Å². The van der Waals surface area contributed by atoms with Crippen molar-refractivity contribution in [3.05, 3.63) is 35.8 Å². The monoisotopic (exact) mass is 196 g/mol. The average molecular weight is 197 g/mol. The predicted molar refractivity (Wildman–Crippen MR) is 53.9 cm³/mol. The number of pyridine rings is 1. The van der Waals surface area contributed by atoms with Gasteiger partial charge in [-0.05, 0) is 18.2 Å². The van der Waals surface area contributed by atoms with E-state index in [4.69, 9.17) is 22.7 Å². The van der Waals surface area contributed by atoms with Gasteiger partial charge < -0.3 is 11.1 Å². The van der Waals surface area contributed by atoms with Crippen LogP contribution in [0.3, 0.4) is 0 Å². The highest BCUT2D eigenvalue weighted by Crippen LogP contribution is 2.08. The molecule has 0 aliphatic rings. The van der Waals surface area contributed by atoms with Gasteiger partial charge >= 0.3 is 0 Å². The summed E-state index contributed by atoms with van der Waals surface area (Å²) < 4.78 is 0. The van der Waals surface area contributed by atoms with Crippen molar-refractivity contribution >= 4 is 23.1 Å². The molecule has 0 unspecified atom stereocenters. The lowest BCUT2D eigenvalue weighted by Crippen LogP contribution is -2.05. The first-order chi connectivity index (χ1) is 6.18. The highest BCUT2D eigenvalue weighted by Gasteiger charge is 1.89. The summed E-state index contributed by atoms with van der Waals surface area (Å²) in [7, 11) is 0. The Morgan fingerprint density at radius 3 is 2.92 bits per heavy atom. The molecule has 68 valence electrons. The van der Waals surface area contributed by atoms with E-state index in [2.05, 4.69) is 10.3 Å². The van der Waals surface area contributed by atoms with Crippen molar-refractivity contribution in [3.63, 3.8) is 0 Å². The van der Waals surface area contributed by atoms with Crippen LogP contribution in [-0.4, -0.2) is 10.8 Å². The first-order valence-electron chi connectivity index (χ1n) is 3.57. The molecule has 1 heterocycles. The zero-order valence-electron chi connectivity index (χ0n) is 6.79. The van der Waals surface area contributed by atoms with Gasteiger partial charge in [0, 0.05) is 6.20 Å².